The van der Waals surface area contributed by atoms with Gasteiger partial charge in [0, 0.05) is 42.7 Å². The highest BCUT2D eigenvalue weighted by molar-refractivity contribution is 5.95. The number of hydrogen-bond donors (Lipinski definition) is 2. The van der Waals surface area contributed by atoms with Gasteiger partial charge in [-0.05, 0) is 75.6 Å². The van der Waals surface area contributed by atoms with E-state index >= 15 is 0 Å². The first kappa shape index (κ1) is 21.2. The normalized spacial score (nSPS) is 26.0. The van der Waals surface area contributed by atoms with Gasteiger partial charge in [-0.3, -0.25) is 9.59 Å². The van der Waals surface area contributed by atoms with Gasteiger partial charge < -0.3 is 20.1 Å². The lowest BCUT2D eigenvalue weighted by molar-refractivity contribution is 0.0595. The van der Waals surface area contributed by atoms with E-state index in [1.54, 1.807) is 6.07 Å². The van der Waals surface area contributed by atoms with Gasteiger partial charge in [-0.15, -0.1) is 0 Å². The highest BCUT2D eigenvalue weighted by Crippen LogP contribution is 2.40. The molecule has 3 fully saturated rings. The molecule has 2 saturated heterocycles. The zero-order valence-electron chi connectivity index (χ0n) is 18.7. The van der Waals surface area contributed by atoms with Crippen molar-refractivity contribution in [1.29, 1.82) is 0 Å². The van der Waals surface area contributed by atoms with E-state index in [0.29, 0.717) is 24.1 Å². The first-order valence-electron chi connectivity index (χ1n) is 12.0. The summed E-state index contributed by atoms with van der Waals surface area (Å²) in [6.45, 7) is 4.80. The summed E-state index contributed by atoms with van der Waals surface area (Å²) in [7, 11) is 0. The number of piperidine rings is 2. The highest BCUT2D eigenvalue weighted by atomic mass is 16.5. The average Bonchev–Trinajstić information content (AvgIpc) is 3.55. The summed E-state index contributed by atoms with van der Waals surface area (Å²) >= 11 is 0. The van der Waals surface area contributed by atoms with Gasteiger partial charge in [-0.25, -0.2) is 0 Å². The molecule has 3 heterocycles. The summed E-state index contributed by atoms with van der Waals surface area (Å²) < 4.78 is 5.30. The molecule has 2 aliphatic heterocycles. The number of likely N-dealkylation sites (tertiary alicyclic amines) is 1. The topological polar surface area (TPSA) is 87.5 Å². The van der Waals surface area contributed by atoms with Gasteiger partial charge in [0.15, 0.2) is 5.69 Å². The lowest BCUT2D eigenvalue weighted by Crippen LogP contribution is -2.51. The van der Waals surface area contributed by atoms with Crippen molar-refractivity contribution in [2.24, 2.45) is 0 Å². The molecule has 7 heteroatoms. The van der Waals surface area contributed by atoms with Gasteiger partial charge in [0.25, 0.3) is 11.8 Å². The first-order chi connectivity index (χ1) is 15.6. The summed E-state index contributed by atoms with van der Waals surface area (Å²) in [5.74, 6) is 1.67. The summed E-state index contributed by atoms with van der Waals surface area (Å²) in [6, 6.07) is 10.0. The molecule has 1 aromatic carbocycles. The third kappa shape index (κ3) is 4.58. The van der Waals surface area contributed by atoms with Gasteiger partial charge in [-0.1, -0.05) is 17.3 Å². The predicted molar refractivity (Wildman–Crippen MR) is 121 cm³/mol. The quantitative estimate of drug-likeness (QED) is 0.750. The number of nitrogens with zero attached hydrogens (tertiary/aromatic N) is 2. The number of hydrogen-bond acceptors (Lipinski definition) is 5. The van der Waals surface area contributed by atoms with E-state index in [4.69, 9.17) is 4.52 Å². The van der Waals surface area contributed by atoms with E-state index < -0.39 is 0 Å². The Hall–Kier alpha value is -2.67. The van der Waals surface area contributed by atoms with Crippen LogP contribution in [0.25, 0.3) is 0 Å². The molecule has 7 nitrogen and oxygen atoms in total. The minimum Gasteiger partial charge on any atom is -0.360 e. The van der Waals surface area contributed by atoms with Crippen molar-refractivity contribution in [3.8, 4) is 0 Å². The number of rotatable bonds is 5. The molecular weight excluding hydrogens is 404 g/mol. The van der Waals surface area contributed by atoms with E-state index in [-0.39, 0.29) is 23.9 Å². The van der Waals surface area contributed by atoms with Crippen LogP contribution in [0, 0.1) is 0 Å². The number of nitrogens with one attached hydrogen (secondary N) is 2. The second kappa shape index (κ2) is 9.06. The van der Waals surface area contributed by atoms with E-state index in [2.05, 4.69) is 34.8 Å². The molecule has 0 bridgehead atoms. The number of amides is 2. The second-order valence-electron chi connectivity index (χ2n) is 9.60. The zero-order chi connectivity index (χ0) is 22.1. The Labute approximate surface area is 188 Å². The fraction of sp³-hybridized carbons (Fsp3) is 0.560. The van der Waals surface area contributed by atoms with Crippen LogP contribution in [0.4, 0.5) is 0 Å². The van der Waals surface area contributed by atoms with Crippen LogP contribution in [0.15, 0.2) is 34.9 Å². The average molecular weight is 437 g/mol. The van der Waals surface area contributed by atoms with Gasteiger partial charge in [-0.2, -0.15) is 0 Å². The van der Waals surface area contributed by atoms with Crippen molar-refractivity contribution in [2.75, 3.05) is 19.6 Å². The number of carbonyl (C=O) groups is 2. The second-order valence-corrected chi connectivity index (χ2v) is 9.60. The predicted octanol–water partition coefficient (Wildman–Crippen LogP) is 3.44. The molecule has 32 heavy (non-hydrogen) atoms. The van der Waals surface area contributed by atoms with Gasteiger partial charge in [0.05, 0.1) is 0 Å². The number of carbonyl (C=O) groups excluding carboxylic acids is 2. The van der Waals surface area contributed by atoms with E-state index in [9.17, 15) is 9.59 Å². The molecule has 2 amide bonds. The van der Waals surface area contributed by atoms with Crippen molar-refractivity contribution < 1.29 is 14.1 Å². The largest absolute Gasteiger partial charge is 0.360 e. The van der Waals surface area contributed by atoms with Crippen LogP contribution in [-0.2, 0) is 0 Å². The number of benzene rings is 1. The van der Waals surface area contributed by atoms with Crippen molar-refractivity contribution >= 4 is 11.8 Å². The fourth-order valence-electron chi connectivity index (χ4n) is 5.02. The maximum atomic E-state index is 13.1. The minimum atomic E-state index is -0.189. The Kier molecular flexibility index (Phi) is 6.00. The fourth-order valence-corrected chi connectivity index (χ4v) is 5.02. The van der Waals surface area contributed by atoms with Crippen LogP contribution in [-0.4, -0.2) is 53.6 Å². The van der Waals surface area contributed by atoms with E-state index in [1.165, 1.54) is 18.4 Å². The molecule has 170 valence electrons. The highest BCUT2D eigenvalue weighted by Gasteiger charge is 2.32. The van der Waals surface area contributed by atoms with Gasteiger partial charge >= 0.3 is 0 Å². The molecule has 1 aromatic heterocycles. The SMILES string of the molecule is C[C@@H]1C[C@H](NC(=O)c2cc(C3CC3)on2)CCN1C(=O)c1ccc(C2CCCNC2)cc1. The third-order valence-corrected chi connectivity index (χ3v) is 7.14. The minimum absolute atomic E-state index is 0.0313. The Morgan fingerprint density at radius 3 is 2.62 bits per heavy atom. The van der Waals surface area contributed by atoms with E-state index in [1.807, 2.05) is 17.0 Å². The third-order valence-electron chi connectivity index (χ3n) is 7.14. The Balaban J connectivity index is 1.15. The molecular formula is C25H32N4O3. The Bertz CT molecular complexity index is 960. The van der Waals surface area contributed by atoms with Gasteiger partial charge in [0.2, 0.25) is 0 Å². The van der Waals surface area contributed by atoms with Crippen LogP contribution < -0.4 is 10.6 Å². The lowest BCUT2D eigenvalue weighted by atomic mass is 9.91. The summed E-state index contributed by atoms with van der Waals surface area (Å²) in [5.41, 5.74) is 2.40. The smallest absolute Gasteiger partial charge is 0.273 e. The number of aromatic nitrogens is 1. The maximum Gasteiger partial charge on any atom is 0.273 e. The maximum absolute atomic E-state index is 13.1. The van der Waals surface area contributed by atoms with Crippen LogP contribution >= 0.6 is 0 Å². The first-order valence-corrected chi connectivity index (χ1v) is 12.0. The summed E-state index contributed by atoms with van der Waals surface area (Å²) in [6.07, 6.45) is 6.10. The van der Waals surface area contributed by atoms with Crippen LogP contribution in [0.2, 0.25) is 0 Å². The summed E-state index contributed by atoms with van der Waals surface area (Å²) in [5, 5.41) is 10.5. The Morgan fingerprint density at radius 1 is 1.12 bits per heavy atom. The van der Waals surface area contributed by atoms with Crippen LogP contribution in [0.3, 0.4) is 0 Å². The zero-order valence-corrected chi connectivity index (χ0v) is 18.7. The van der Waals surface area contributed by atoms with Crippen LogP contribution in [0.5, 0.6) is 0 Å². The van der Waals surface area contributed by atoms with Crippen LogP contribution in [0.1, 0.15) is 89.5 Å². The molecule has 1 saturated carbocycles. The Morgan fingerprint density at radius 2 is 1.94 bits per heavy atom. The molecule has 5 rings (SSSR count). The van der Waals surface area contributed by atoms with E-state index in [0.717, 1.165) is 50.1 Å². The molecule has 2 aromatic rings. The molecule has 1 unspecified atom stereocenters. The molecule has 3 aliphatic rings. The van der Waals surface area contributed by atoms with Crippen molar-refractivity contribution in [3.05, 3.63) is 52.9 Å². The molecule has 1 aliphatic carbocycles. The molecule has 0 radical (unpaired) electrons. The van der Waals surface area contributed by atoms with Crippen molar-refractivity contribution in [3.63, 3.8) is 0 Å². The molecule has 0 spiro atoms. The monoisotopic (exact) mass is 436 g/mol. The molecule has 3 atom stereocenters. The van der Waals surface area contributed by atoms with Crippen molar-refractivity contribution in [1.82, 2.24) is 20.7 Å². The lowest BCUT2D eigenvalue weighted by Gasteiger charge is -2.38. The summed E-state index contributed by atoms with van der Waals surface area (Å²) in [4.78, 5) is 27.6. The van der Waals surface area contributed by atoms with Crippen molar-refractivity contribution in [2.45, 2.75) is 69.4 Å². The molecule has 2 N–H and O–H groups in total. The standard InChI is InChI=1S/C25H32N4O3/c1-16-13-21(27-24(30)22-14-23(32-28-22)18-6-7-18)10-12-29(16)25(31)19-8-4-17(5-9-19)20-3-2-11-26-15-20/h4-5,8-9,14,16,18,20-21,26H,2-3,6-7,10-13,15H2,1H3,(H,27,30)/t16-,20?,21-/m1/s1. The van der Waals surface area contributed by atoms with Gasteiger partial charge in [0.1, 0.15) is 5.76 Å².